The molecule has 0 amide bonds. The van der Waals surface area contributed by atoms with E-state index in [0.29, 0.717) is 11.7 Å². The lowest BCUT2D eigenvalue weighted by Crippen LogP contribution is -1.95. The maximum atomic E-state index is 5.71. The van der Waals surface area contributed by atoms with Crippen LogP contribution in [0.5, 0.6) is 0 Å². The van der Waals surface area contributed by atoms with Gasteiger partial charge in [-0.1, -0.05) is 39.8 Å². The number of rotatable bonds is 1. The average Bonchev–Trinajstić information content (AvgIpc) is 2.31. The molecule has 0 radical (unpaired) electrons. The number of nitrogens with two attached hydrogens (primary N) is 1. The van der Waals surface area contributed by atoms with Crippen molar-refractivity contribution in [3.63, 3.8) is 0 Å². The molecule has 1 aromatic heterocycles. The zero-order valence-electron chi connectivity index (χ0n) is 10.4. The third-order valence-corrected chi connectivity index (χ3v) is 2.38. The Bertz CT molecular complexity index is 464. The van der Waals surface area contributed by atoms with E-state index in [4.69, 9.17) is 5.73 Å². The van der Waals surface area contributed by atoms with Crippen molar-refractivity contribution in [2.24, 2.45) is 0 Å². The average molecular weight is 217 g/mol. The van der Waals surface area contributed by atoms with Crippen molar-refractivity contribution in [1.82, 2.24) is 10.2 Å². The van der Waals surface area contributed by atoms with Crippen LogP contribution in [0.1, 0.15) is 39.2 Å². The molecule has 1 heterocycles. The number of hydrogen-bond donors (Lipinski definition) is 1. The fraction of sp³-hybridized carbons (Fsp3) is 0.385. The van der Waals surface area contributed by atoms with Crippen LogP contribution < -0.4 is 5.73 Å². The van der Waals surface area contributed by atoms with Crippen LogP contribution in [0.25, 0.3) is 10.8 Å². The number of benzene rings is 1. The van der Waals surface area contributed by atoms with E-state index in [0.717, 1.165) is 10.8 Å². The van der Waals surface area contributed by atoms with Crippen LogP contribution in [0.4, 0.5) is 5.82 Å². The minimum absolute atomic E-state index is 0.498. The molecule has 0 spiro atoms. The Morgan fingerprint density at radius 3 is 2.50 bits per heavy atom. The third-order valence-electron chi connectivity index (χ3n) is 2.38. The highest BCUT2D eigenvalue weighted by atomic mass is 15.1. The molecule has 0 bridgehead atoms. The van der Waals surface area contributed by atoms with E-state index in [9.17, 15) is 0 Å². The molecule has 0 unspecified atom stereocenters. The zero-order valence-corrected chi connectivity index (χ0v) is 10.4. The van der Waals surface area contributed by atoms with Gasteiger partial charge in [0.1, 0.15) is 0 Å². The van der Waals surface area contributed by atoms with Gasteiger partial charge in [0.25, 0.3) is 0 Å². The number of anilines is 1. The molecule has 86 valence electrons. The maximum Gasteiger partial charge on any atom is 0.153 e. The van der Waals surface area contributed by atoms with Gasteiger partial charge in [0.05, 0.1) is 6.20 Å². The Morgan fingerprint density at radius 2 is 1.88 bits per heavy atom. The van der Waals surface area contributed by atoms with Gasteiger partial charge in [0, 0.05) is 10.8 Å². The summed E-state index contributed by atoms with van der Waals surface area (Å²) in [5.41, 5.74) is 7.00. The van der Waals surface area contributed by atoms with Gasteiger partial charge in [-0.15, -0.1) is 5.10 Å². The highest BCUT2D eigenvalue weighted by Crippen LogP contribution is 2.22. The van der Waals surface area contributed by atoms with Crippen LogP contribution in [-0.4, -0.2) is 10.2 Å². The fourth-order valence-corrected chi connectivity index (χ4v) is 1.49. The standard InChI is InChI=1S/C11H13N3.C2H6/c1-7(2)8-3-4-10-9(5-8)6-13-14-11(10)12;1-2/h3-7H,1-2H3,(H2,12,14);1-2H3. The summed E-state index contributed by atoms with van der Waals surface area (Å²) >= 11 is 0. The second-order valence-corrected chi connectivity index (χ2v) is 3.73. The number of hydrogen-bond acceptors (Lipinski definition) is 3. The maximum absolute atomic E-state index is 5.71. The first-order chi connectivity index (χ1) is 7.68. The Kier molecular flexibility index (Phi) is 4.23. The third kappa shape index (κ3) is 2.48. The summed E-state index contributed by atoms with van der Waals surface area (Å²) in [6.45, 7) is 8.33. The van der Waals surface area contributed by atoms with Crippen LogP contribution in [0.3, 0.4) is 0 Å². The van der Waals surface area contributed by atoms with Gasteiger partial charge in [0.2, 0.25) is 0 Å². The summed E-state index contributed by atoms with van der Waals surface area (Å²) < 4.78 is 0. The Morgan fingerprint density at radius 1 is 1.19 bits per heavy atom. The van der Waals surface area contributed by atoms with E-state index in [-0.39, 0.29) is 0 Å². The molecule has 16 heavy (non-hydrogen) atoms. The van der Waals surface area contributed by atoms with Crippen molar-refractivity contribution in [3.8, 4) is 0 Å². The number of aromatic nitrogens is 2. The zero-order chi connectivity index (χ0) is 12.1. The van der Waals surface area contributed by atoms with Gasteiger partial charge < -0.3 is 5.73 Å². The van der Waals surface area contributed by atoms with Crippen molar-refractivity contribution >= 4 is 16.6 Å². The van der Waals surface area contributed by atoms with E-state index in [2.05, 4.69) is 36.2 Å². The molecule has 3 heteroatoms. The molecule has 2 rings (SSSR count). The fourth-order valence-electron chi connectivity index (χ4n) is 1.49. The quantitative estimate of drug-likeness (QED) is 0.796. The predicted octanol–water partition coefficient (Wildman–Crippen LogP) is 3.36. The van der Waals surface area contributed by atoms with Gasteiger partial charge >= 0.3 is 0 Å². The predicted molar refractivity (Wildman–Crippen MR) is 69.4 cm³/mol. The number of fused-ring (bicyclic) bond motifs is 1. The lowest BCUT2D eigenvalue weighted by atomic mass is 10.0. The van der Waals surface area contributed by atoms with Crippen molar-refractivity contribution < 1.29 is 0 Å². The summed E-state index contributed by atoms with van der Waals surface area (Å²) in [5.74, 6) is 1.02. The van der Waals surface area contributed by atoms with E-state index in [1.807, 2.05) is 19.9 Å². The van der Waals surface area contributed by atoms with Gasteiger partial charge in [-0.2, -0.15) is 5.10 Å². The molecule has 0 saturated carbocycles. The van der Waals surface area contributed by atoms with Gasteiger partial charge in [-0.3, -0.25) is 0 Å². The molecule has 0 fully saturated rings. The topological polar surface area (TPSA) is 51.8 Å². The second-order valence-electron chi connectivity index (χ2n) is 3.73. The summed E-state index contributed by atoms with van der Waals surface area (Å²) in [5, 5.41) is 9.68. The minimum atomic E-state index is 0.498. The van der Waals surface area contributed by atoms with Crippen molar-refractivity contribution in [2.75, 3.05) is 5.73 Å². The largest absolute Gasteiger partial charge is 0.382 e. The van der Waals surface area contributed by atoms with Gasteiger partial charge in [-0.25, -0.2) is 0 Å². The molecule has 2 N–H and O–H groups in total. The van der Waals surface area contributed by atoms with E-state index < -0.39 is 0 Å². The smallest absolute Gasteiger partial charge is 0.153 e. The van der Waals surface area contributed by atoms with Crippen LogP contribution in [-0.2, 0) is 0 Å². The van der Waals surface area contributed by atoms with Crippen LogP contribution in [0.2, 0.25) is 0 Å². The number of nitrogen functional groups attached to an aromatic ring is 1. The molecular weight excluding hydrogens is 198 g/mol. The molecule has 2 aromatic rings. The molecule has 0 aliphatic heterocycles. The van der Waals surface area contributed by atoms with Gasteiger partial charge in [0.15, 0.2) is 5.82 Å². The highest BCUT2D eigenvalue weighted by Gasteiger charge is 2.03. The first-order valence-electron chi connectivity index (χ1n) is 5.69. The first-order valence-corrected chi connectivity index (χ1v) is 5.69. The monoisotopic (exact) mass is 217 g/mol. The van der Waals surface area contributed by atoms with E-state index in [1.165, 1.54) is 5.56 Å². The van der Waals surface area contributed by atoms with Crippen molar-refractivity contribution in [1.29, 1.82) is 0 Å². The van der Waals surface area contributed by atoms with Crippen molar-refractivity contribution in [2.45, 2.75) is 33.6 Å². The number of nitrogens with zero attached hydrogens (tertiary/aromatic N) is 2. The van der Waals surface area contributed by atoms with Crippen LogP contribution in [0, 0.1) is 0 Å². The van der Waals surface area contributed by atoms with Crippen molar-refractivity contribution in [3.05, 3.63) is 30.0 Å². The summed E-state index contributed by atoms with van der Waals surface area (Å²) in [6.07, 6.45) is 1.75. The lowest BCUT2D eigenvalue weighted by Gasteiger charge is -2.06. The lowest BCUT2D eigenvalue weighted by molar-refractivity contribution is 0.868. The minimum Gasteiger partial charge on any atom is -0.382 e. The van der Waals surface area contributed by atoms with Crippen LogP contribution in [0.15, 0.2) is 24.4 Å². The van der Waals surface area contributed by atoms with E-state index >= 15 is 0 Å². The first kappa shape index (κ1) is 12.4. The highest BCUT2D eigenvalue weighted by molar-refractivity contribution is 5.90. The summed E-state index contributed by atoms with van der Waals surface area (Å²) in [4.78, 5) is 0. The molecule has 0 aliphatic rings. The summed E-state index contributed by atoms with van der Waals surface area (Å²) in [7, 11) is 0. The molecule has 0 saturated heterocycles. The molecule has 3 nitrogen and oxygen atoms in total. The second kappa shape index (κ2) is 5.45. The van der Waals surface area contributed by atoms with E-state index in [1.54, 1.807) is 6.20 Å². The molecular formula is C13H19N3. The summed E-state index contributed by atoms with van der Waals surface area (Å²) in [6, 6.07) is 6.21. The SMILES string of the molecule is CC.CC(C)c1ccc2c(N)nncc2c1. The van der Waals surface area contributed by atoms with Crippen LogP contribution >= 0.6 is 0 Å². The molecule has 1 aromatic carbocycles. The van der Waals surface area contributed by atoms with Gasteiger partial charge in [-0.05, 0) is 17.5 Å². The molecule has 0 aliphatic carbocycles. The molecule has 0 atom stereocenters. The Balaban J connectivity index is 0.000000606. The Hall–Kier alpha value is -1.64. The normalized spacial score (nSPS) is 10.1. The Labute approximate surface area is 96.7 Å².